The number of hydrogen-bond acceptors (Lipinski definition) is 4. The van der Waals surface area contributed by atoms with Gasteiger partial charge in [-0.1, -0.05) is 192 Å². The zero-order valence-corrected chi connectivity index (χ0v) is 55.3. The Morgan fingerprint density at radius 2 is 0.633 bits per heavy atom. The average molecular weight is 1250 g/mol. The molecule has 16 aromatic rings. The van der Waals surface area contributed by atoms with Crippen molar-refractivity contribution in [2.24, 2.45) is 0 Å². The van der Waals surface area contributed by atoms with Gasteiger partial charge in [0.05, 0.1) is 33.4 Å². The maximum atomic E-state index is 2.57. The number of nitrogens with zero attached hydrogens (tertiary/aromatic N) is 6. The van der Waals surface area contributed by atoms with Crippen LogP contribution in [0.2, 0.25) is 0 Å². The Balaban J connectivity index is 0.799. The second-order valence-corrected chi connectivity index (χ2v) is 27.6. The number of fused-ring (bicyclic) bond motifs is 14. The molecular formula is C90H66B2N6. The summed E-state index contributed by atoms with van der Waals surface area (Å²) in [5.41, 5.74) is 37.6. The highest BCUT2D eigenvalue weighted by molar-refractivity contribution is 7.01. The van der Waals surface area contributed by atoms with Crippen LogP contribution in [-0.2, 0) is 6.42 Å². The molecular weight excluding hydrogens is 1190 g/mol. The van der Waals surface area contributed by atoms with Gasteiger partial charge in [0.15, 0.2) is 0 Å². The Bertz CT molecular complexity index is 5820. The Morgan fingerprint density at radius 3 is 1.17 bits per heavy atom. The van der Waals surface area contributed by atoms with Crippen molar-refractivity contribution < 1.29 is 0 Å². The van der Waals surface area contributed by atoms with E-state index in [1.807, 2.05) is 0 Å². The molecule has 2 aromatic heterocycles. The summed E-state index contributed by atoms with van der Waals surface area (Å²) in [6.07, 6.45) is 0.728. The second kappa shape index (κ2) is 21.5. The fourth-order valence-electron chi connectivity index (χ4n) is 17.3. The third-order valence-corrected chi connectivity index (χ3v) is 21.5. The van der Waals surface area contributed by atoms with Crippen molar-refractivity contribution in [2.45, 2.75) is 41.0 Å². The maximum Gasteiger partial charge on any atom is 0.252 e. The van der Waals surface area contributed by atoms with E-state index in [1.165, 1.54) is 161 Å². The normalized spacial score (nSPS) is 13.3. The van der Waals surface area contributed by atoms with Crippen LogP contribution in [0.1, 0.15) is 38.9 Å². The van der Waals surface area contributed by atoms with Crippen molar-refractivity contribution in [3.63, 3.8) is 0 Å². The lowest BCUT2D eigenvalue weighted by atomic mass is 9.33. The first kappa shape index (κ1) is 56.4. The third-order valence-electron chi connectivity index (χ3n) is 21.5. The van der Waals surface area contributed by atoms with Gasteiger partial charge in [0, 0.05) is 89.8 Å². The van der Waals surface area contributed by atoms with Crippen LogP contribution < -0.4 is 52.4 Å². The Kier molecular flexibility index (Phi) is 12.4. The van der Waals surface area contributed by atoms with E-state index in [0.29, 0.717) is 0 Å². The standard InChI is InChI=1S/C90H66B2N6/c1-56-31-39-65(40-32-56)95-81-45-37-60(5)49-74(81)92-75-51-61(38-46-82(75)96(66-41-33-57(2)34-42-66)87-53-67(52-86(95)90(87)92)97-77-43-35-58(3)47-70(77)71-48-59(4)36-44-78(71)97)50-62-19-18-30-83-88(62)69-24-12-15-27-76(69)98(83)68-54-84-89-85(55-68)94(64-22-10-7-11-23-64)80-29-17-14-26-73(80)91(89)72-25-13-16-28-79(72)93(84)63-20-8-6-9-21-63/h6-49,51-55H,50H2,1-5H3. The fraction of sp³-hybridized carbons (Fsp3) is 0.0667. The van der Waals surface area contributed by atoms with Gasteiger partial charge in [-0.25, -0.2) is 0 Å². The molecule has 0 amide bonds. The number of anilines is 12. The maximum absolute atomic E-state index is 2.57. The van der Waals surface area contributed by atoms with E-state index in [0.717, 1.165) is 40.5 Å². The first-order valence-electron chi connectivity index (χ1n) is 34.4. The van der Waals surface area contributed by atoms with E-state index in [9.17, 15) is 0 Å². The van der Waals surface area contributed by atoms with Crippen LogP contribution in [0.3, 0.4) is 0 Å². The van der Waals surface area contributed by atoms with Gasteiger partial charge in [0.2, 0.25) is 0 Å². The van der Waals surface area contributed by atoms with E-state index < -0.39 is 0 Å². The van der Waals surface area contributed by atoms with Crippen LogP contribution in [0.4, 0.5) is 68.2 Å². The Morgan fingerprint density at radius 1 is 0.245 bits per heavy atom. The number of para-hydroxylation sites is 5. The summed E-state index contributed by atoms with van der Waals surface area (Å²) in [4.78, 5) is 10.2. The molecule has 0 bridgehead atoms. The molecule has 0 spiro atoms. The largest absolute Gasteiger partial charge is 0.311 e. The van der Waals surface area contributed by atoms with Crippen molar-refractivity contribution >= 4 is 158 Å². The summed E-state index contributed by atoms with van der Waals surface area (Å²) in [5.74, 6) is 0. The molecule has 0 saturated heterocycles. The van der Waals surface area contributed by atoms with Crippen LogP contribution >= 0.6 is 0 Å². The highest BCUT2D eigenvalue weighted by Gasteiger charge is 2.46. The first-order valence-corrected chi connectivity index (χ1v) is 34.4. The molecule has 0 N–H and O–H groups in total. The Hall–Kier alpha value is -12.0. The van der Waals surface area contributed by atoms with Crippen molar-refractivity contribution in [2.75, 3.05) is 19.6 Å². The van der Waals surface area contributed by atoms with Crippen LogP contribution in [0.25, 0.3) is 55.0 Å². The van der Waals surface area contributed by atoms with E-state index in [-0.39, 0.29) is 13.4 Å². The minimum atomic E-state index is -0.0852. The highest BCUT2D eigenvalue weighted by atomic mass is 15.2. The molecule has 0 unspecified atom stereocenters. The summed E-state index contributed by atoms with van der Waals surface area (Å²) in [6, 6.07) is 113. The minimum Gasteiger partial charge on any atom is -0.311 e. The lowest BCUT2D eigenvalue weighted by Gasteiger charge is -2.44. The smallest absolute Gasteiger partial charge is 0.252 e. The van der Waals surface area contributed by atoms with Crippen LogP contribution in [-0.4, -0.2) is 22.6 Å². The van der Waals surface area contributed by atoms with E-state index in [1.54, 1.807) is 0 Å². The van der Waals surface area contributed by atoms with Crippen LogP contribution in [0.15, 0.2) is 297 Å². The SMILES string of the molecule is Cc1ccc(N2c3ccc(C)cc3B3c4cc(Cc5cccc6c5c5ccccc5n6-c5cc6c7c(c5)N(c5ccccc5)c5ccccc5B7c5ccccc5N6c5ccccc5)ccc4N(c4ccc(C)cc4)c4cc(-n5c6ccc(C)cc6c6cc(C)ccc65)cc2c43)cc1. The second-order valence-electron chi connectivity index (χ2n) is 27.6. The number of aromatic nitrogens is 2. The van der Waals surface area contributed by atoms with Crippen molar-refractivity contribution in [1.29, 1.82) is 0 Å². The molecule has 6 nitrogen and oxygen atoms in total. The fourth-order valence-corrected chi connectivity index (χ4v) is 17.3. The van der Waals surface area contributed by atoms with Gasteiger partial charge in [-0.05, 0) is 218 Å². The molecule has 6 heterocycles. The molecule has 0 fully saturated rings. The van der Waals surface area contributed by atoms with Crippen LogP contribution in [0.5, 0.6) is 0 Å². The number of rotatable bonds is 8. The van der Waals surface area contributed by atoms with Crippen molar-refractivity contribution in [1.82, 2.24) is 9.13 Å². The summed E-state index contributed by atoms with van der Waals surface area (Å²) in [7, 11) is 0. The number of benzene rings is 14. The van der Waals surface area contributed by atoms with Crippen LogP contribution in [0, 0.1) is 34.6 Å². The molecule has 98 heavy (non-hydrogen) atoms. The summed E-state index contributed by atoms with van der Waals surface area (Å²) in [6.45, 7) is 11.0. The molecule has 0 atom stereocenters. The van der Waals surface area contributed by atoms with Gasteiger partial charge in [0.25, 0.3) is 13.4 Å². The molecule has 4 aliphatic heterocycles. The minimum absolute atomic E-state index is 0.0163. The van der Waals surface area contributed by atoms with E-state index >= 15 is 0 Å². The predicted molar refractivity (Wildman–Crippen MR) is 416 cm³/mol. The van der Waals surface area contributed by atoms with E-state index in [2.05, 4.69) is 361 Å². The summed E-state index contributed by atoms with van der Waals surface area (Å²) >= 11 is 0. The van der Waals surface area contributed by atoms with Crippen molar-refractivity contribution in [3.05, 3.63) is 336 Å². The molecule has 0 radical (unpaired) electrons. The lowest BCUT2D eigenvalue weighted by Crippen LogP contribution is -2.61. The molecule has 8 heteroatoms. The molecule has 4 aliphatic rings. The lowest BCUT2D eigenvalue weighted by molar-refractivity contribution is 1.15. The highest BCUT2D eigenvalue weighted by Crippen LogP contribution is 2.50. The van der Waals surface area contributed by atoms with E-state index in [4.69, 9.17) is 0 Å². The zero-order chi connectivity index (χ0) is 65.2. The van der Waals surface area contributed by atoms with Gasteiger partial charge in [-0.15, -0.1) is 0 Å². The van der Waals surface area contributed by atoms with Gasteiger partial charge in [-0.2, -0.15) is 0 Å². The number of hydrogen-bond donors (Lipinski definition) is 0. The molecule has 14 aromatic carbocycles. The van der Waals surface area contributed by atoms with Gasteiger partial charge < -0.3 is 28.7 Å². The average Bonchev–Trinajstić information content (AvgIpc) is 0.867. The van der Waals surface area contributed by atoms with Gasteiger partial charge in [-0.3, -0.25) is 0 Å². The Labute approximate surface area is 571 Å². The molecule has 462 valence electrons. The predicted octanol–water partition coefficient (Wildman–Crippen LogP) is 19.2. The first-order chi connectivity index (χ1) is 48.2. The van der Waals surface area contributed by atoms with Gasteiger partial charge >= 0.3 is 0 Å². The zero-order valence-electron chi connectivity index (χ0n) is 55.3. The van der Waals surface area contributed by atoms with Crippen molar-refractivity contribution in [3.8, 4) is 11.4 Å². The molecule has 0 saturated carbocycles. The monoisotopic (exact) mass is 1250 g/mol. The summed E-state index contributed by atoms with van der Waals surface area (Å²) in [5, 5.41) is 5.03. The summed E-state index contributed by atoms with van der Waals surface area (Å²) < 4.78 is 5.07. The number of aryl methyl sites for hydroxylation is 5. The topological polar surface area (TPSA) is 22.8 Å². The molecule has 20 rings (SSSR count). The quantitative estimate of drug-likeness (QED) is 0.141. The molecule has 0 aliphatic carbocycles. The van der Waals surface area contributed by atoms with Gasteiger partial charge in [0.1, 0.15) is 0 Å². The third kappa shape index (κ3) is 8.37.